The van der Waals surface area contributed by atoms with E-state index in [1.807, 2.05) is 42.2 Å². The van der Waals surface area contributed by atoms with Crippen molar-refractivity contribution in [3.63, 3.8) is 0 Å². The van der Waals surface area contributed by atoms with E-state index in [2.05, 4.69) is 11.4 Å². The normalized spacial score (nSPS) is 17.5. The molecule has 3 heterocycles. The molecular weight excluding hydrogens is 436 g/mol. The van der Waals surface area contributed by atoms with Crippen LogP contribution in [0.3, 0.4) is 0 Å². The highest BCUT2D eigenvalue weighted by Gasteiger charge is 2.37. The maximum atomic E-state index is 13.5. The van der Waals surface area contributed by atoms with Gasteiger partial charge in [-0.25, -0.2) is 0 Å². The van der Waals surface area contributed by atoms with Crippen LogP contribution in [0.15, 0.2) is 58.5 Å². The first-order chi connectivity index (χ1) is 16.1. The summed E-state index contributed by atoms with van der Waals surface area (Å²) in [5, 5.41) is 2.08. The van der Waals surface area contributed by atoms with Crippen molar-refractivity contribution in [2.45, 2.75) is 38.8 Å². The number of aryl methyl sites for hydroxylation is 1. The van der Waals surface area contributed by atoms with Gasteiger partial charge in [-0.3, -0.25) is 9.59 Å². The number of carbonyl (C=O) groups excluding carboxylic acids is 2. The zero-order chi connectivity index (χ0) is 22.8. The first-order valence-corrected chi connectivity index (χ1v) is 12.3. The summed E-state index contributed by atoms with van der Waals surface area (Å²) in [5.41, 5.74) is 2.33. The molecule has 6 nitrogen and oxygen atoms in total. The van der Waals surface area contributed by atoms with Gasteiger partial charge in [-0.05, 0) is 67.5 Å². The van der Waals surface area contributed by atoms with E-state index in [9.17, 15) is 9.59 Å². The van der Waals surface area contributed by atoms with Gasteiger partial charge >= 0.3 is 0 Å². The topological polar surface area (TPSA) is 63.0 Å². The summed E-state index contributed by atoms with van der Waals surface area (Å²) in [5.74, 6) is 1.51. The van der Waals surface area contributed by atoms with Crippen LogP contribution in [0.1, 0.15) is 40.6 Å². The molecule has 1 aromatic carbocycles. The Labute approximate surface area is 197 Å². The second-order valence-electron chi connectivity index (χ2n) is 8.82. The molecule has 7 heteroatoms. The van der Waals surface area contributed by atoms with Crippen molar-refractivity contribution in [3.8, 4) is 5.75 Å². The molecule has 0 bridgehead atoms. The van der Waals surface area contributed by atoms with Gasteiger partial charge in [-0.2, -0.15) is 0 Å². The van der Waals surface area contributed by atoms with Gasteiger partial charge in [0, 0.05) is 17.3 Å². The molecule has 0 spiro atoms. The van der Waals surface area contributed by atoms with Crippen LogP contribution in [0.5, 0.6) is 5.75 Å². The second kappa shape index (κ2) is 9.43. The van der Waals surface area contributed by atoms with Crippen molar-refractivity contribution in [1.29, 1.82) is 0 Å². The van der Waals surface area contributed by atoms with Crippen LogP contribution in [0, 0.1) is 12.8 Å². The Balaban J connectivity index is 1.32. The molecule has 0 saturated heterocycles. The van der Waals surface area contributed by atoms with Crippen LogP contribution in [0.25, 0.3) is 0 Å². The highest BCUT2D eigenvalue weighted by Crippen LogP contribution is 2.35. The number of amides is 2. The van der Waals surface area contributed by atoms with Crippen molar-refractivity contribution >= 4 is 23.2 Å². The average molecular weight is 465 g/mol. The fraction of sp³-hybridized carbons (Fsp3) is 0.385. The van der Waals surface area contributed by atoms with Crippen LogP contribution in [0.2, 0.25) is 0 Å². The Hall–Kier alpha value is -3.06. The molecule has 1 saturated carbocycles. The molecule has 1 fully saturated rings. The molecule has 0 N–H and O–H groups in total. The maximum absolute atomic E-state index is 13.5. The lowest BCUT2D eigenvalue weighted by atomic mass is 10.0. The number of furan rings is 1. The zero-order valence-electron chi connectivity index (χ0n) is 18.7. The Morgan fingerprint density at radius 3 is 2.73 bits per heavy atom. The molecular formula is C26H28N2O4S. The molecule has 2 aliphatic rings. The van der Waals surface area contributed by atoms with Crippen LogP contribution in [-0.2, 0) is 22.6 Å². The smallest absolute Gasteiger partial charge is 0.242 e. The van der Waals surface area contributed by atoms with Crippen molar-refractivity contribution in [1.82, 2.24) is 9.80 Å². The van der Waals surface area contributed by atoms with Gasteiger partial charge in [0.1, 0.15) is 24.7 Å². The summed E-state index contributed by atoms with van der Waals surface area (Å²) in [4.78, 5) is 31.3. The molecule has 33 heavy (non-hydrogen) atoms. The summed E-state index contributed by atoms with van der Waals surface area (Å²) in [6, 6.07) is 13.5. The maximum Gasteiger partial charge on any atom is 0.242 e. The predicted octanol–water partition coefficient (Wildman–Crippen LogP) is 4.59. The molecule has 2 aromatic heterocycles. The van der Waals surface area contributed by atoms with E-state index in [1.54, 1.807) is 28.6 Å². The summed E-state index contributed by atoms with van der Waals surface area (Å²) in [6.45, 7) is 3.42. The third-order valence-electron chi connectivity index (χ3n) is 6.34. The van der Waals surface area contributed by atoms with Crippen LogP contribution < -0.4 is 4.74 Å². The number of thiophene rings is 1. The number of carbonyl (C=O) groups is 2. The van der Waals surface area contributed by atoms with E-state index in [-0.39, 0.29) is 30.3 Å². The van der Waals surface area contributed by atoms with Crippen LogP contribution in [-0.4, -0.2) is 41.3 Å². The Kier molecular flexibility index (Phi) is 6.22. The highest BCUT2D eigenvalue weighted by molar-refractivity contribution is 7.10. The largest absolute Gasteiger partial charge is 0.491 e. The van der Waals surface area contributed by atoms with Gasteiger partial charge in [0.25, 0.3) is 0 Å². The number of fused-ring (bicyclic) bond motifs is 1. The monoisotopic (exact) mass is 464 g/mol. The molecule has 1 aliphatic carbocycles. The Bertz CT molecular complexity index is 1100. The first-order valence-electron chi connectivity index (χ1n) is 11.4. The third kappa shape index (κ3) is 4.98. The Morgan fingerprint density at radius 2 is 2.00 bits per heavy atom. The SMILES string of the molecule is Cc1ccc(OC[C@H]2c3ccsc3CCN2C(=O)CN(Cc2ccco2)C(=O)C2CC2)cc1. The first kappa shape index (κ1) is 21.8. The van der Waals surface area contributed by atoms with Gasteiger partial charge < -0.3 is 19.0 Å². The minimum Gasteiger partial charge on any atom is -0.491 e. The summed E-state index contributed by atoms with van der Waals surface area (Å²) >= 11 is 1.73. The number of ether oxygens (including phenoxy) is 1. The van der Waals surface area contributed by atoms with Gasteiger partial charge in [-0.1, -0.05) is 17.7 Å². The third-order valence-corrected chi connectivity index (χ3v) is 7.33. The fourth-order valence-electron chi connectivity index (χ4n) is 4.33. The molecule has 0 unspecified atom stereocenters. The molecule has 0 radical (unpaired) electrons. The molecule has 1 aliphatic heterocycles. The summed E-state index contributed by atoms with van der Waals surface area (Å²) in [7, 11) is 0. The van der Waals surface area contributed by atoms with E-state index < -0.39 is 0 Å². The number of rotatable bonds is 8. The lowest BCUT2D eigenvalue weighted by Crippen LogP contribution is -2.47. The van der Waals surface area contributed by atoms with E-state index >= 15 is 0 Å². The van der Waals surface area contributed by atoms with E-state index in [1.165, 1.54) is 10.4 Å². The average Bonchev–Trinajstić information content (AvgIpc) is 3.33. The number of benzene rings is 1. The van der Waals surface area contributed by atoms with Gasteiger partial charge in [0.2, 0.25) is 11.8 Å². The van der Waals surface area contributed by atoms with E-state index in [0.717, 1.165) is 30.6 Å². The predicted molar refractivity (Wildman–Crippen MR) is 126 cm³/mol. The standard InChI is InChI=1S/C26H28N2O4S/c1-18-4-8-20(9-5-18)32-17-23-22-11-14-33-24(22)10-12-28(23)25(29)16-27(26(30)19-6-7-19)15-21-3-2-13-31-21/h2-5,8-9,11,13-14,19,23H,6-7,10,12,15-17H2,1H3/t23-/m0/s1. The lowest BCUT2D eigenvalue weighted by molar-refractivity contribution is -0.144. The highest BCUT2D eigenvalue weighted by atomic mass is 32.1. The summed E-state index contributed by atoms with van der Waals surface area (Å²) < 4.78 is 11.6. The fourth-order valence-corrected chi connectivity index (χ4v) is 5.26. The quantitative estimate of drug-likeness (QED) is 0.489. The van der Waals surface area contributed by atoms with Crippen molar-refractivity contribution in [2.75, 3.05) is 19.7 Å². The molecule has 172 valence electrons. The van der Waals surface area contributed by atoms with Crippen molar-refractivity contribution < 1.29 is 18.7 Å². The summed E-state index contributed by atoms with van der Waals surface area (Å²) in [6.07, 6.45) is 4.22. The number of nitrogens with zero attached hydrogens (tertiary/aromatic N) is 2. The molecule has 3 aromatic rings. The molecule has 2 amide bonds. The van der Waals surface area contributed by atoms with Gasteiger partial charge in [0.15, 0.2) is 0 Å². The Morgan fingerprint density at radius 1 is 1.18 bits per heavy atom. The number of hydrogen-bond donors (Lipinski definition) is 0. The van der Waals surface area contributed by atoms with Crippen LogP contribution >= 0.6 is 11.3 Å². The van der Waals surface area contributed by atoms with Gasteiger partial charge in [-0.15, -0.1) is 11.3 Å². The number of hydrogen-bond acceptors (Lipinski definition) is 5. The minimum atomic E-state index is -0.171. The molecule has 5 rings (SSSR count). The zero-order valence-corrected chi connectivity index (χ0v) is 19.6. The van der Waals surface area contributed by atoms with E-state index in [0.29, 0.717) is 25.5 Å². The molecule has 1 atom stereocenters. The lowest BCUT2D eigenvalue weighted by Gasteiger charge is -2.37. The minimum absolute atomic E-state index is 0.0401. The second-order valence-corrected chi connectivity index (χ2v) is 9.82. The van der Waals surface area contributed by atoms with Crippen LogP contribution in [0.4, 0.5) is 0 Å². The van der Waals surface area contributed by atoms with E-state index in [4.69, 9.17) is 9.15 Å². The van der Waals surface area contributed by atoms with Crippen molar-refractivity contribution in [3.05, 3.63) is 75.9 Å². The van der Waals surface area contributed by atoms with Gasteiger partial charge in [0.05, 0.1) is 18.8 Å². The van der Waals surface area contributed by atoms with Crippen molar-refractivity contribution in [2.24, 2.45) is 5.92 Å².